The summed E-state index contributed by atoms with van der Waals surface area (Å²) in [5.41, 5.74) is 3.03. The number of hydrazine groups is 1. The number of phenolic OH excluding ortho intramolecular Hbond substituents is 1. The van der Waals surface area contributed by atoms with Gasteiger partial charge in [0.25, 0.3) is 0 Å². The minimum atomic E-state index is 0.0351. The fourth-order valence-electron chi connectivity index (χ4n) is 0.823. The van der Waals surface area contributed by atoms with Crippen LogP contribution in [0.5, 0.6) is 11.5 Å². The van der Waals surface area contributed by atoms with Gasteiger partial charge < -0.3 is 15.3 Å². The molecule has 0 saturated heterocycles. The van der Waals surface area contributed by atoms with Gasteiger partial charge in [0.2, 0.25) is 0 Å². The second-order valence-electron chi connectivity index (χ2n) is 2.12. The first-order valence-corrected chi connectivity index (χ1v) is 4.02. The average molecular weight is 233 g/mol. The van der Waals surface area contributed by atoms with Crippen molar-refractivity contribution in [3.05, 3.63) is 16.6 Å². The first-order chi connectivity index (χ1) is 5.70. The van der Waals surface area contributed by atoms with E-state index in [1.165, 1.54) is 7.11 Å². The van der Waals surface area contributed by atoms with Crippen molar-refractivity contribution in [2.45, 2.75) is 0 Å². The topological polar surface area (TPSA) is 67.5 Å². The third-order valence-electron chi connectivity index (χ3n) is 1.45. The largest absolute Gasteiger partial charge is 0.503 e. The van der Waals surface area contributed by atoms with Crippen molar-refractivity contribution >= 4 is 21.6 Å². The molecule has 1 aromatic carbocycles. The fourth-order valence-corrected chi connectivity index (χ4v) is 1.27. The summed E-state index contributed by atoms with van der Waals surface area (Å²) in [5.74, 6) is 5.62. The molecule has 0 amide bonds. The maximum absolute atomic E-state index is 9.44. The number of phenols is 1. The lowest BCUT2D eigenvalue weighted by Crippen LogP contribution is -2.07. The molecule has 1 aromatic rings. The van der Waals surface area contributed by atoms with Gasteiger partial charge in [-0.2, -0.15) is 0 Å². The summed E-state index contributed by atoms with van der Waals surface area (Å²) in [5, 5.41) is 9.44. The molecule has 0 spiro atoms. The summed E-state index contributed by atoms with van der Waals surface area (Å²) >= 11 is 3.16. The predicted octanol–water partition coefficient (Wildman–Crippen LogP) is 1.45. The van der Waals surface area contributed by atoms with Crippen molar-refractivity contribution in [2.75, 3.05) is 12.5 Å². The van der Waals surface area contributed by atoms with Gasteiger partial charge in [0.05, 0.1) is 17.3 Å². The number of anilines is 1. The van der Waals surface area contributed by atoms with Gasteiger partial charge in [0.1, 0.15) is 0 Å². The summed E-state index contributed by atoms with van der Waals surface area (Å²) in [6.45, 7) is 0. The number of aromatic hydroxyl groups is 1. The second kappa shape index (κ2) is 3.64. The Morgan fingerprint density at radius 3 is 2.75 bits per heavy atom. The molecule has 0 aromatic heterocycles. The Morgan fingerprint density at radius 2 is 2.25 bits per heavy atom. The number of nitrogens with one attached hydrogen (secondary N) is 1. The third-order valence-corrected chi connectivity index (χ3v) is 2.26. The normalized spacial score (nSPS) is 9.58. The molecule has 0 bridgehead atoms. The van der Waals surface area contributed by atoms with E-state index >= 15 is 0 Å². The molecule has 0 aliphatic carbocycles. The van der Waals surface area contributed by atoms with Gasteiger partial charge in [-0.25, -0.2) is 0 Å². The molecule has 4 N–H and O–H groups in total. The zero-order valence-electron chi connectivity index (χ0n) is 6.47. The summed E-state index contributed by atoms with van der Waals surface area (Å²) in [6, 6.07) is 3.32. The van der Waals surface area contributed by atoms with Crippen LogP contribution in [0.15, 0.2) is 16.6 Å². The van der Waals surface area contributed by atoms with E-state index in [1.807, 2.05) is 0 Å². The summed E-state index contributed by atoms with van der Waals surface area (Å²) in [7, 11) is 1.48. The number of benzene rings is 1. The summed E-state index contributed by atoms with van der Waals surface area (Å²) in [4.78, 5) is 0. The van der Waals surface area contributed by atoms with Crippen molar-refractivity contribution in [1.29, 1.82) is 0 Å². The SMILES string of the molecule is COc1ccc(NN)c(Br)c1O. The van der Waals surface area contributed by atoms with E-state index in [-0.39, 0.29) is 5.75 Å². The monoisotopic (exact) mass is 232 g/mol. The van der Waals surface area contributed by atoms with Crippen LogP contribution in [0.4, 0.5) is 5.69 Å². The van der Waals surface area contributed by atoms with Crippen LogP contribution in [0, 0.1) is 0 Å². The number of ether oxygens (including phenoxy) is 1. The number of halogens is 1. The van der Waals surface area contributed by atoms with Crippen molar-refractivity contribution in [3.8, 4) is 11.5 Å². The lowest BCUT2D eigenvalue weighted by molar-refractivity contribution is 0.372. The van der Waals surface area contributed by atoms with Crippen molar-refractivity contribution in [2.24, 2.45) is 5.84 Å². The van der Waals surface area contributed by atoms with Crippen LogP contribution in [0.3, 0.4) is 0 Å². The molecule has 0 aliphatic rings. The van der Waals surface area contributed by atoms with Crippen molar-refractivity contribution in [3.63, 3.8) is 0 Å². The first-order valence-electron chi connectivity index (χ1n) is 3.22. The van der Waals surface area contributed by atoms with Crippen LogP contribution < -0.4 is 16.0 Å². The van der Waals surface area contributed by atoms with Crippen molar-refractivity contribution in [1.82, 2.24) is 0 Å². The molecule has 1 rings (SSSR count). The molecule has 66 valence electrons. The second-order valence-corrected chi connectivity index (χ2v) is 2.92. The zero-order chi connectivity index (χ0) is 9.14. The standard InChI is InChI=1S/C7H9BrN2O2/c1-12-5-3-2-4(10-9)6(8)7(5)11/h2-3,10-11H,9H2,1H3. The average Bonchev–Trinajstić information content (AvgIpc) is 2.10. The molecule has 4 nitrogen and oxygen atoms in total. The highest BCUT2D eigenvalue weighted by atomic mass is 79.9. The number of nitrogens with two attached hydrogens (primary N) is 1. The van der Waals surface area contributed by atoms with E-state index in [1.54, 1.807) is 12.1 Å². The minimum Gasteiger partial charge on any atom is -0.503 e. The van der Waals surface area contributed by atoms with E-state index in [4.69, 9.17) is 10.6 Å². The Morgan fingerprint density at radius 1 is 1.58 bits per heavy atom. The Labute approximate surface area is 78.4 Å². The van der Waals surface area contributed by atoms with Gasteiger partial charge >= 0.3 is 0 Å². The predicted molar refractivity (Wildman–Crippen MR) is 50.2 cm³/mol. The number of methoxy groups -OCH3 is 1. The van der Waals surface area contributed by atoms with Gasteiger partial charge in [-0.15, -0.1) is 0 Å². The molecule has 0 heterocycles. The Balaban J connectivity index is 3.20. The highest BCUT2D eigenvalue weighted by Gasteiger charge is 2.09. The van der Waals surface area contributed by atoms with E-state index < -0.39 is 0 Å². The van der Waals surface area contributed by atoms with Gasteiger partial charge in [0, 0.05) is 0 Å². The van der Waals surface area contributed by atoms with E-state index in [9.17, 15) is 5.11 Å². The Bertz CT molecular complexity index is 262. The Hall–Kier alpha value is -0.940. The minimum absolute atomic E-state index is 0.0351. The molecule has 5 heteroatoms. The number of hydrogen-bond donors (Lipinski definition) is 3. The maximum Gasteiger partial charge on any atom is 0.174 e. The highest BCUT2D eigenvalue weighted by Crippen LogP contribution is 2.38. The fraction of sp³-hybridized carbons (Fsp3) is 0.143. The molecule has 0 aliphatic heterocycles. The van der Waals surface area contributed by atoms with Crippen LogP contribution in [-0.2, 0) is 0 Å². The number of hydrogen-bond acceptors (Lipinski definition) is 4. The van der Waals surface area contributed by atoms with Crippen LogP contribution in [-0.4, -0.2) is 12.2 Å². The molecule has 0 fully saturated rings. The van der Waals surface area contributed by atoms with E-state index in [2.05, 4.69) is 21.4 Å². The molecule has 12 heavy (non-hydrogen) atoms. The number of nitrogen functional groups attached to an aromatic ring is 1. The summed E-state index contributed by atoms with van der Waals surface area (Å²) in [6.07, 6.45) is 0. The van der Waals surface area contributed by atoms with Crippen LogP contribution in [0.25, 0.3) is 0 Å². The molecule has 0 atom stereocenters. The molecule has 0 saturated carbocycles. The van der Waals surface area contributed by atoms with E-state index in [0.717, 1.165) is 0 Å². The maximum atomic E-state index is 9.44. The van der Waals surface area contributed by atoms with Gasteiger partial charge in [-0.3, -0.25) is 5.84 Å². The Kier molecular flexibility index (Phi) is 2.78. The third kappa shape index (κ3) is 1.46. The van der Waals surface area contributed by atoms with Crippen LogP contribution in [0.1, 0.15) is 0 Å². The quantitative estimate of drug-likeness (QED) is 0.534. The highest BCUT2D eigenvalue weighted by molar-refractivity contribution is 9.10. The van der Waals surface area contributed by atoms with E-state index in [0.29, 0.717) is 15.9 Å². The van der Waals surface area contributed by atoms with Crippen LogP contribution in [0.2, 0.25) is 0 Å². The van der Waals surface area contributed by atoms with Gasteiger partial charge in [0.15, 0.2) is 11.5 Å². The van der Waals surface area contributed by atoms with Gasteiger partial charge in [-0.1, -0.05) is 0 Å². The molecule has 0 unspecified atom stereocenters. The number of rotatable bonds is 2. The van der Waals surface area contributed by atoms with Crippen molar-refractivity contribution < 1.29 is 9.84 Å². The lowest BCUT2D eigenvalue weighted by atomic mass is 10.3. The van der Waals surface area contributed by atoms with Gasteiger partial charge in [-0.05, 0) is 28.1 Å². The molecule has 0 radical (unpaired) electrons. The lowest BCUT2D eigenvalue weighted by Gasteiger charge is -2.08. The molecular formula is C7H9BrN2O2. The zero-order valence-corrected chi connectivity index (χ0v) is 8.05. The van der Waals surface area contributed by atoms with Crippen LogP contribution >= 0.6 is 15.9 Å². The smallest absolute Gasteiger partial charge is 0.174 e. The molecular weight excluding hydrogens is 224 g/mol. The first kappa shape index (κ1) is 9.15. The summed E-state index contributed by atoms with van der Waals surface area (Å²) < 4.78 is 5.37.